The molecular weight excluding hydrogens is 270 g/mol. The van der Waals surface area contributed by atoms with E-state index in [4.69, 9.17) is 9.47 Å². The lowest BCUT2D eigenvalue weighted by molar-refractivity contribution is -0.117. The maximum absolute atomic E-state index is 12.0. The summed E-state index contributed by atoms with van der Waals surface area (Å²) in [4.78, 5) is 16.6. The summed E-state index contributed by atoms with van der Waals surface area (Å²) in [5.74, 6) is -0.0171. The van der Waals surface area contributed by atoms with Gasteiger partial charge in [0.05, 0.1) is 26.4 Å². The number of carbonyl (C=O) groups is 1. The second-order valence-corrected chi connectivity index (χ2v) is 5.52. The zero-order chi connectivity index (χ0) is 14.9. The number of morpholine rings is 2. The molecule has 2 aliphatic rings. The van der Waals surface area contributed by atoms with Gasteiger partial charge in [0.1, 0.15) is 0 Å². The van der Waals surface area contributed by atoms with Gasteiger partial charge in [0.15, 0.2) is 0 Å². The van der Waals surface area contributed by atoms with E-state index in [2.05, 4.69) is 21.7 Å². The van der Waals surface area contributed by atoms with Crippen LogP contribution in [0.3, 0.4) is 0 Å². The van der Waals surface area contributed by atoms with Gasteiger partial charge in [-0.1, -0.05) is 6.58 Å². The fourth-order valence-corrected chi connectivity index (χ4v) is 2.51. The highest BCUT2D eigenvalue weighted by atomic mass is 16.5. The highest BCUT2D eigenvalue weighted by molar-refractivity contribution is 5.92. The van der Waals surface area contributed by atoms with Crippen LogP contribution < -0.4 is 5.32 Å². The van der Waals surface area contributed by atoms with E-state index in [1.165, 1.54) is 0 Å². The molecule has 120 valence electrons. The summed E-state index contributed by atoms with van der Waals surface area (Å²) in [6.07, 6.45) is 0.726. The zero-order valence-electron chi connectivity index (χ0n) is 12.8. The lowest BCUT2D eigenvalue weighted by Crippen LogP contribution is -2.41. The minimum atomic E-state index is -0.0171. The molecule has 21 heavy (non-hydrogen) atoms. The Bertz CT molecular complexity index is 337. The van der Waals surface area contributed by atoms with Gasteiger partial charge in [-0.3, -0.25) is 14.6 Å². The third-order valence-electron chi connectivity index (χ3n) is 3.97. The molecule has 0 aromatic rings. The van der Waals surface area contributed by atoms with Crippen molar-refractivity contribution in [3.8, 4) is 0 Å². The molecule has 2 fully saturated rings. The van der Waals surface area contributed by atoms with Crippen molar-refractivity contribution in [1.29, 1.82) is 0 Å². The number of hydrogen-bond acceptors (Lipinski definition) is 5. The number of rotatable bonds is 7. The monoisotopic (exact) mass is 297 g/mol. The van der Waals surface area contributed by atoms with Crippen LogP contribution in [0, 0.1) is 0 Å². The molecule has 2 heterocycles. The van der Waals surface area contributed by atoms with Crippen molar-refractivity contribution in [2.45, 2.75) is 6.42 Å². The average molecular weight is 297 g/mol. The van der Waals surface area contributed by atoms with Gasteiger partial charge in [-0.15, -0.1) is 0 Å². The van der Waals surface area contributed by atoms with E-state index in [1.54, 1.807) is 0 Å². The molecule has 0 radical (unpaired) electrons. The Hall–Kier alpha value is -0.950. The fraction of sp³-hybridized carbons (Fsp3) is 0.800. The Kier molecular flexibility index (Phi) is 7.15. The molecule has 2 aliphatic heterocycles. The van der Waals surface area contributed by atoms with Crippen molar-refractivity contribution in [3.05, 3.63) is 12.2 Å². The van der Waals surface area contributed by atoms with Crippen LogP contribution in [-0.4, -0.2) is 87.9 Å². The topological polar surface area (TPSA) is 54.0 Å². The minimum Gasteiger partial charge on any atom is -0.379 e. The van der Waals surface area contributed by atoms with E-state index in [-0.39, 0.29) is 5.91 Å². The van der Waals surface area contributed by atoms with Gasteiger partial charge in [0.2, 0.25) is 5.91 Å². The van der Waals surface area contributed by atoms with Crippen molar-refractivity contribution in [2.24, 2.45) is 0 Å². The predicted molar refractivity (Wildman–Crippen MR) is 81.3 cm³/mol. The van der Waals surface area contributed by atoms with Crippen LogP contribution in [0.4, 0.5) is 0 Å². The first-order valence-electron chi connectivity index (χ1n) is 7.82. The number of hydrogen-bond donors (Lipinski definition) is 1. The van der Waals surface area contributed by atoms with E-state index in [0.717, 1.165) is 72.1 Å². The predicted octanol–water partition coefficient (Wildman–Crippen LogP) is -0.287. The van der Waals surface area contributed by atoms with Gasteiger partial charge in [0, 0.05) is 51.4 Å². The van der Waals surface area contributed by atoms with Crippen LogP contribution in [0.2, 0.25) is 0 Å². The summed E-state index contributed by atoms with van der Waals surface area (Å²) in [6, 6.07) is 0. The fourth-order valence-electron chi connectivity index (χ4n) is 2.51. The van der Waals surface area contributed by atoms with E-state index in [0.29, 0.717) is 12.1 Å². The van der Waals surface area contributed by atoms with Crippen molar-refractivity contribution < 1.29 is 14.3 Å². The second kappa shape index (κ2) is 9.15. The molecule has 0 bridgehead atoms. The standard InChI is InChI=1S/C15H27N3O3/c1-14(2-4-17-6-10-20-11-7-17)15(19)16-3-5-18-8-12-21-13-9-18/h1-13H2,(H,16,19). The molecule has 1 amide bonds. The van der Waals surface area contributed by atoms with Crippen LogP contribution >= 0.6 is 0 Å². The number of nitrogens with one attached hydrogen (secondary N) is 1. The normalized spacial score (nSPS) is 21.1. The highest BCUT2D eigenvalue weighted by Gasteiger charge is 2.14. The number of carbonyl (C=O) groups excluding carboxylic acids is 1. The first-order chi connectivity index (χ1) is 10.3. The summed E-state index contributed by atoms with van der Waals surface area (Å²) < 4.78 is 10.6. The molecule has 2 saturated heterocycles. The van der Waals surface area contributed by atoms with Gasteiger partial charge in [-0.25, -0.2) is 0 Å². The summed E-state index contributed by atoms with van der Waals surface area (Å²) in [5.41, 5.74) is 0.670. The van der Waals surface area contributed by atoms with Gasteiger partial charge in [-0.2, -0.15) is 0 Å². The van der Waals surface area contributed by atoms with Crippen LogP contribution in [0.5, 0.6) is 0 Å². The first-order valence-corrected chi connectivity index (χ1v) is 7.82. The van der Waals surface area contributed by atoms with Crippen molar-refractivity contribution in [2.75, 3.05) is 72.2 Å². The first kappa shape index (κ1) is 16.4. The van der Waals surface area contributed by atoms with Crippen LogP contribution in [0.25, 0.3) is 0 Å². The Labute approximate surface area is 127 Å². The molecule has 0 atom stereocenters. The molecule has 0 saturated carbocycles. The molecule has 0 aromatic heterocycles. The largest absolute Gasteiger partial charge is 0.379 e. The van der Waals surface area contributed by atoms with Crippen LogP contribution in [0.1, 0.15) is 6.42 Å². The Balaban J connectivity index is 1.55. The van der Waals surface area contributed by atoms with Crippen molar-refractivity contribution in [3.63, 3.8) is 0 Å². The number of ether oxygens (including phenoxy) is 2. The lowest BCUT2D eigenvalue weighted by atomic mass is 10.2. The van der Waals surface area contributed by atoms with E-state index >= 15 is 0 Å². The molecule has 0 aliphatic carbocycles. The lowest BCUT2D eigenvalue weighted by Gasteiger charge is -2.27. The third kappa shape index (κ3) is 6.13. The zero-order valence-corrected chi connectivity index (χ0v) is 12.8. The molecule has 0 aromatic carbocycles. The van der Waals surface area contributed by atoms with Gasteiger partial charge >= 0.3 is 0 Å². The van der Waals surface area contributed by atoms with Crippen LogP contribution in [-0.2, 0) is 14.3 Å². The second-order valence-electron chi connectivity index (χ2n) is 5.52. The summed E-state index contributed by atoms with van der Waals surface area (Å²) in [6.45, 7) is 13.3. The van der Waals surface area contributed by atoms with E-state index < -0.39 is 0 Å². The molecular formula is C15H27N3O3. The Morgan fingerprint density at radius 2 is 1.48 bits per heavy atom. The number of nitrogens with zero attached hydrogens (tertiary/aromatic N) is 2. The molecule has 6 heteroatoms. The SMILES string of the molecule is C=C(CCN1CCOCC1)C(=O)NCCN1CCOCC1. The van der Waals surface area contributed by atoms with E-state index in [9.17, 15) is 4.79 Å². The van der Waals surface area contributed by atoms with Crippen molar-refractivity contribution >= 4 is 5.91 Å². The molecule has 0 spiro atoms. The quantitative estimate of drug-likeness (QED) is 0.655. The maximum Gasteiger partial charge on any atom is 0.246 e. The minimum absolute atomic E-state index is 0.0171. The molecule has 2 rings (SSSR count). The highest BCUT2D eigenvalue weighted by Crippen LogP contribution is 2.04. The average Bonchev–Trinajstić information content (AvgIpc) is 2.54. The maximum atomic E-state index is 12.0. The molecule has 1 N–H and O–H groups in total. The molecule has 0 unspecified atom stereocenters. The number of amides is 1. The van der Waals surface area contributed by atoms with Gasteiger partial charge < -0.3 is 14.8 Å². The van der Waals surface area contributed by atoms with Crippen LogP contribution in [0.15, 0.2) is 12.2 Å². The summed E-state index contributed by atoms with van der Waals surface area (Å²) in [7, 11) is 0. The van der Waals surface area contributed by atoms with Crippen molar-refractivity contribution in [1.82, 2.24) is 15.1 Å². The summed E-state index contributed by atoms with van der Waals surface area (Å²) >= 11 is 0. The summed E-state index contributed by atoms with van der Waals surface area (Å²) in [5, 5.41) is 2.95. The third-order valence-corrected chi connectivity index (χ3v) is 3.97. The van der Waals surface area contributed by atoms with E-state index in [1.807, 2.05) is 0 Å². The molecule has 6 nitrogen and oxygen atoms in total. The Morgan fingerprint density at radius 1 is 0.952 bits per heavy atom. The smallest absolute Gasteiger partial charge is 0.246 e. The Morgan fingerprint density at radius 3 is 2.05 bits per heavy atom. The van der Waals surface area contributed by atoms with Gasteiger partial charge in [-0.05, 0) is 6.42 Å². The van der Waals surface area contributed by atoms with Gasteiger partial charge in [0.25, 0.3) is 0 Å².